The van der Waals surface area contributed by atoms with Gasteiger partial charge in [-0.1, -0.05) is 15.9 Å². The number of hydrogen-bond donors (Lipinski definition) is 0. The van der Waals surface area contributed by atoms with Crippen molar-refractivity contribution in [3.05, 3.63) is 28.2 Å². The van der Waals surface area contributed by atoms with Crippen molar-refractivity contribution >= 4 is 39.8 Å². The molecule has 0 amide bonds. The molecular weight excluding hydrogens is 504 g/mol. The highest BCUT2D eigenvalue weighted by Gasteiger charge is 2.61. The van der Waals surface area contributed by atoms with Gasteiger partial charge in [0.05, 0.1) is 0 Å². The van der Waals surface area contributed by atoms with E-state index < -0.39 is 54.1 Å². The first kappa shape index (κ1) is 26.6. The second-order valence-electron chi connectivity index (χ2n) is 7.72. The molecule has 1 aromatic rings. The molecule has 0 radical (unpaired) electrons. The maximum atomic E-state index is 12.0. The van der Waals surface area contributed by atoms with Crippen LogP contribution in [0.4, 0.5) is 0 Å². The molecule has 0 aliphatic carbocycles. The van der Waals surface area contributed by atoms with Crippen molar-refractivity contribution in [2.75, 3.05) is 6.61 Å². The summed E-state index contributed by atoms with van der Waals surface area (Å²) in [7, 11) is 0. The van der Waals surface area contributed by atoms with Gasteiger partial charge in [-0.25, -0.2) is 0 Å². The normalized spacial score (nSPS) is 26.6. The van der Waals surface area contributed by atoms with E-state index in [4.69, 9.17) is 28.4 Å². The molecular formula is C22H27BrO10. The summed E-state index contributed by atoms with van der Waals surface area (Å²) < 4.78 is 34.4. The zero-order chi connectivity index (χ0) is 24.9. The van der Waals surface area contributed by atoms with Crippen LogP contribution in [0.2, 0.25) is 0 Å². The van der Waals surface area contributed by atoms with Gasteiger partial charge in [0.2, 0.25) is 11.9 Å². The Morgan fingerprint density at radius 2 is 1.64 bits per heavy atom. The van der Waals surface area contributed by atoms with Crippen molar-refractivity contribution in [1.29, 1.82) is 0 Å². The van der Waals surface area contributed by atoms with Crippen LogP contribution in [0.3, 0.4) is 0 Å². The Kier molecular flexibility index (Phi) is 8.84. The molecule has 0 aromatic heterocycles. The predicted octanol–water partition coefficient (Wildman–Crippen LogP) is 2.61. The van der Waals surface area contributed by atoms with Crippen LogP contribution in [0, 0.1) is 6.92 Å². The van der Waals surface area contributed by atoms with Crippen LogP contribution in [0.5, 0.6) is 5.75 Å². The van der Waals surface area contributed by atoms with E-state index >= 15 is 0 Å². The standard InChI is InChI=1S/C22H27BrO10/c1-11-9-16(23)7-8-17(11)31-21-22(6,33-15(5)27)20(30-14(4)26)19(29-13(3)25)18(32-21)10-28-12(2)24/h7-9,18-21H,10H2,1-6H3/t18-,19-,20+,21+,22+/m1/s1. The third kappa shape index (κ3) is 6.91. The van der Waals surface area contributed by atoms with Crippen molar-refractivity contribution in [1.82, 2.24) is 0 Å². The molecule has 33 heavy (non-hydrogen) atoms. The Labute approximate surface area is 199 Å². The number of ether oxygens (including phenoxy) is 6. The zero-order valence-corrected chi connectivity index (χ0v) is 20.8. The number of rotatable bonds is 7. The Balaban J connectivity index is 2.57. The van der Waals surface area contributed by atoms with E-state index in [9.17, 15) is 19.2 Å². The molecule has 0 saturated carbocycles. The summed E-state index contributed by atoms with van der Waals surface area (Å²) >= 11 is 3.38. The number of carbonyl (C=O) groups is 4. The molecule has 1 aliphatic rings. The maximum Gasteiger partial charge on any atom is 0.303 e. The second-order valence-corrected chi connectivity index (χ2v) is 8.63. The quantitative estimate of drug-likeness (QED) is 0.383. The minimum atomic E-state index is -1.73. The second kappa shape index (κ2) is 11.0. The Bertz CT molecular complexity index is 916. The number of esters is 4. The highest BCUT2D eigenvalue weighted by molar-refractivity contribution is 9.10. The average molecular weight is 531 g/mol. The highest BCUT2D eigenvalue weighted by atomic mass is 79.9. The fourth-order valence-corrected chi connectivity index (χ4v) is 3.95. The molecule has 0 N–H and O–H groups in total. The number of benzene rings is 1. The summed E-state index contributed by atoms with van der Waals surface area (Å²) in [4.78, 5) is 47.3. The monoisotopic (exact) mass is 530 g/mol. The van der Waals surface area contributed by atoms with E-state index in [1.54, 1.807) is 19.1 Å². The predicted molar refractivity (Wildman–Crippen MR) is 116 cm³/mol. The van der Waals surface area contributed by atoms with Crippen molar-refractivity contribution < 1.29 is 47.6 Å². The number of carbonyl (C=O) groups excluding carboxylic acids is 4. The van der Waals surface area contributed by atoms with E-state index in [2.05, 4.69) is 15.9 Å². The zero-order valence-electron chi connectivity index (χ0n) is 19.2. The Morgan fingerprint density at radius 1 is 1.00 bits per heavy atom. The molecule has 5 atom stereocenters. The van der Waals surface area contributed by atoms with Gasteiger partial charge in [0.15, 0.2) is 12.2 Å². The molecule has 1 heterocycles. The largest absolute Gasteiger partial charge is 0.463 e. The van der Waals surface area contributed by atoms with E-state index in [0.29, 0.717) is 5.75 Å². The summed E-state index contributed by atoms with van der Waals surface area (Å²) in [6.07, 6.45) is -5.01. The van der Waals surface area contributed by atoms with Crippen LogP contribution in [-0.4, -0.2) is 60.7 Å². The topological polar surface area (TPSA) is 124 Å². The van der Waals surface area contributed by atoms with Crippen molar-refractivity contribution in [2.24, 2.45) is 0 Å². The number of aryl methyl sites for hydroxylation is 1. The molecule has 182 valence electrons. The van der Waals surface area contributed by atoms with Crippen LogP contribution in [0.1, 0.15) is 40.2 Å². The molecule has 1 aromatic carbocycles. The molecule has 2 rings (SSSR count). The summed E-state index contributed by atoms with van der Waals surface area (Å²) in [6.45, 7) is 7.60. The highest BCUT2D eigenvalue weighted by Crippen LogP contribution is 2.39. The summed E-state index contributed by atoms with van der Waals surface area (Å²) in [5, 5.41) is 0. The Hall–Kier alpha value is -2.66. The number of halogens is 1. The minimum absolute atomic E-state index is 0.333. The number of hydrogen-bond acceptors (Lipinski definition) is 10. The molecule has 0 unspecified atom stereocenters. The van der Waals surface area contributed by atoms with Crippen LogP contribution in [0.25, 0.3) is 0 Å². The van der Waals surface area contributed by atoms with E-state index in [-0.39, 0.29) is 6.61 Å². The summed E-state index contributed by atoms with van der Waals surface area (Å²) in [5.41, 5.74) is -0.995. The van der Waals surface area contributed by atoms with Crippen LogP contribution in [-0.2, 0) is 42.9 Å². The molecule has 0 bridgehead atoms. The SMILES string of the molecule is CC(=O)OC[C@H]1O[C@H](Oc2ccc(Br)cc2C)[C@@](C)(OC(C)=O)[C@@H](OC(C)=O)[C@@H]1OC(C)=O. The average Bonchev–Trinajstić information content (AvgIpc) is 2.66. The lowest BCUT2D eigenvalue weighted by atomic mass is 9.87. The third-order valence-corrected chi connectivity index (χ3v) is 5.27. The smallest absolute Gasteiger partial charge is 0.303 e. The third-order valence-electron chi connectivity index (χ3n) is 4.78. The van der Waals surface area contributed by atoms with Gasteiger partial charge in [-0.2, -0.15) is 0 Å². The van der Waals surface area contributed by atoms with Gasteiger partial charge in [0.25, 0.3) is 0 Å². The van der Waals surface area contributed by atoms with E-state index in [0.717, 1.165) is 23.9 Å². The van der Waals surface area contributed by atoms with Crippen LogP contribution < -0.4 is 4.74 Å². The van der Waals surface area contributed by atoms with Crippen LogP contribution >= 0.6 is 15.9 Å². The first-order chi connectivity index (χ1) is 15.3. The first-order valence-corrected chi connectivity index (χ1v) is 10.9. The first-order valence-electron chi connectivity index (χ1n) is 10.1. The van der Waals surface area contributed by atoms with Gasteiger partial charge in [0.1, 0.15) is 18.5 Å². The lowest BCUT2D eigenvalue weighted by Crippen LogP contribution is -2.70. The molecule has 10 nitrogen and oxygen atoms in total. The molecule has 1 aliphatic heterocycles. The molecule has 1 saturated heterocycles. The van der Waals surface area contributed by atoms with E-state index in [1.807, 2.05) is 6.07 Å². The van der Waals surface area contributed by atoms with Gasteiger partial charge >= 0.3 is 23.9 Å². The fraction of sp³-hybridized carbons (Fsp3) is 0.545. The van der Waals surface area contributed by atoms with Crippen molar-refractivity contribution in [2.45, 2.75) is 71.7 Å². The minimum Gasteiger partial charge on any atom is -0.463 e. The van der Waals surface area contributed by atoms with Gasteiger partial charge < -0.3 is 28.4 Å². The Morgan fingerprint density at radius 3 is 2.15 bits per heavy atom. The lowest BCUT2D eigenvalue weighted by molar-refractivity contribution is -0.321. The molecule has 11 heteroatoms. The fourth-order valence-electron chi connectivity index (χ4n) is 3.47. The van der Waals surface area contributed by atoms with Gasteiger partial charge in [-0.15, -0.1) is 0 Å². The molecule has 0 spiro atoms. The summed E-state index contributed by atoms with van der Waals surface area (Å²) in [5.74, 6) is -2.33. The van der Waals surface area contributed by atoms with Crippen molar-refractivity contribution in [3.63, 3.8) is 0 Å². The summed E-state index contributed by atoms with van der Waals surface area (Å²) in [6, 6.07) is 5.23. The van der Waals surface area contributed by atoms with Crippen LogP contribution in [0.15, 0.2) is 22.7 Å². The molecule has 1 fully saturated rings. The maximum absolute atomic E-state index is 12.0. The van der Waals surface area contributed by atoms with E-state index in [1.165, 1.54) is 20.8 Å². The van der Waals surface area contributed by atoms with Crippen molar-refractivity contribution in [3.8, 4) is 5.75 Å². The lowest BCUT2D eigenvalue weighted by Gasteiger charge is -2.49. The van der Waals surface area contributed by atoms with Gasteiger partial charge in [-0.3, -0.25) is 19.2 Å². The van der Waals surface area contributed by atoms with Gasteiger partial charge in [-0.05, 0) is 37.6 Å². The van der Waals surface area contributed by atoms with Gasteiger partial charge in [0, 0.05) is 32.2 Å².